The molecule has 1 N–H and O–H groups in total. The molecule has 1 saturated heterocycles. The van der Waals surface area contributed by atoms with Crippen molar-refractivity contribution in [2.24, 2.45) is 0 Å². The van der Waals surface area contributed by atoms with Crippen LogP contribution < -0.4 is 15.1 Å². The molecule has 2 heterocycles. The predicted octanol–water partition coefficient (Wildman–Crippen LogP) is 1.94. The molecule has 0 radical (unpaired) electrons. The normalized spacial score (nSPS) is 15.0. The monoisotopic (exact) mass is 354 g/mol. The van der Waals surface area contributed by atoms with Crippen LogP contribution in [0.4, 0.5) is 17.3 Å². The number of hydrogen-bond acceptors (Lipinski definition) is 6. The molecule has 1 fully saturated rings. The third kappa shape index (κ3) is 4.29. The van der Waals surface area contributed by atoms with Crippen molar-refractivity contribution in [1.29, 1.82) is 0 Å². The van der Waals surface area contributed by atoms with Gasteiger partial charge in [0.2, 0.25) is 5.95 Å². The maximum Gasteiger partial charge on any atom is 0.258 e. The zero-order valence-electron chi connectivity index (χ0n) is 15.6. The number of piperazine rings is 1. The van der Waals surface area contributed by atoms with Crippen molar-refractivity contribution in [1.82, 2.24) is 14.9 Å². The van der Waals surface area contributed by atoms with E-state index >= 15 is 0 Å². The molecule has 2 aromatic rings. The first-order valence-corrected chi connectivity index (χ1v) is 8.95. The van der Waals surface area contributed by atoms with Crippen molar-refractivity contribution in [3.63, 3.8) is 0 Å². The van der Waals surface area contributed by atoms with Gasteiger partial charge >= 0.3 is 0 Å². The van der Waals surface area contributed by atoms with Gasteiger partial charge in [0.15, 0.2) is 0 Å². The van der Waals surface area contributed by atoms with Crippen LogP contribution in [0.2, 0.25) is 0 Å². The van der Waals surface area contributed by atoms with E-state index in [4.69, 9.17) is 0 Å². The Balaban J connectivity index is 1.60. The second-order valence-corrected chi connectivity index (χ2v) is 6.59. The highest BCUT2D eigenvalue weighted by Gasteiger charge is 2.18. The average Bonchev–Trinajstić information content (AvgIpc) is 2.68. The molecule has 26 heavy (non-hydrogen) atoms. The Morgan fingerprint density at radius 3 is 2.23 bits per heavy atom. The molecule has 0 atom stereocenters. The number of nitrogens with one attached hydrogen (secondary N) is 1. The second kappa shape index (κ2) is 8.14. The Morgan fingerprint density at radius 2 is 1.69 bits per heavy atom. The maximum atomic E-state index is 12.4. The van der Waals surface area contributed by atoms with Gasteiger partial charge < -0.3 is 20.0 Å². The van der Waals surface area contributed by atoms with E-state index in [0.29, 0.717) is 11.5 Å². The minimum atomic E-state index is -0.204. The van der Waals surface area contributed by atoms with Crippen LogP contribution in [0.3, 0.4) is 0 Å². The summed E-state index contributed by atoms with van der Waals surface area (Å²) in [7, 11) is 3.96. The number of benzene rings is 1. The molecule has 0 bridgehead atoms. The van der Waals surface area contributed by atoms with E-state index in [9.17, 15) is 4.79 Å². The van der Waals surface area contributed by atoms with Crippen LogP contribution in [0.5, 0.6) is 0 Å². The fraction of sp³-hybridized carbons (Fsp3) is 0.421. The van der Waals surface area contributed by atoms with Crippen LogP contribution in [0.15, 0.2) is 36.7 Å². The van der Waals surface area contributed by atoms with Gasteiger partial charge in [-0.05, 0) is 30.8 Å². The molecule has 0 spiro atoms. The summed E-state index contributed by atoms with van der Waals surface area (Å²) >= 11 is 0. The fourth-order valence-corrected chi connectivity index (χ4v) is 2.91. The van der Waals surface area contributed by atoms with E-state index in [2.05, 4.69) is 32.0 Å². The molecular formula is C19H26N6O. The Kier molecular flexibility index (Phi) is 5.68. The summed E-state index contributed by atoms with van der Waals surface area (Å²) in [5, 5.41) is 2.88. The summed E-state index contributed by atoms with van der Waals surface area (Å²) in [5.41, 5.74) is 2.29. The Morgan fingerprint density at radius 1 is 1.08 bits per heavy atom. The maximum absolute atomic E-state index is 12.4. The van der Waals surface area contributed by atoms with Crippen molar-refractivity contribution in [2.75, 3.05) is 61.9 Å². The van der Waals surface area contributed by atoms with Crippen LogP contribution in [0, 0.1) is 0 Å². The van der Waals surface area contributed by atoms with Gasteiger partial charge in [0.1, 0.15) is 0 Å². The van der Waals surface area contributed by atoms with Gasteiger partial charge in [-0.3, -0.25) is 4.79 Å². The third-order valence-electron chi connectivity index (χ3n) is 4.64. The molecule has 138 valence electrons. The molecular weight excluding hydrogens is 328 g/mol. The summed E-state index contributed by atoms with van der Waals surface area (Å²) in [6.07, 6.45) is 3.19. The number of carbonyl (C=O) groups is 1. The first kappa shape index (κ1) is 18.1. The number of nitrogens with zero attached hydrogens (tertiary/aromatic N) is 5. The minimum Gasteiger partial charge on any atom is -0.378 e. The Labute approximate surface area is 154 Å². The number of anilines is 3. The standard InChI is InChI=1S/C19H26N6O/c1-4-24-9-11-25(12-10-24)19-20-13-15(14-21-19)18(26)22-16-5-7-17(8-6-16)23(2)3/h5-8,13-14H,4,9-12H2,1-3H3,(H,22,26). The molecule has 7 nitrogen and oxygen atoms in total. The summed E-state index contributed by atoms with van der Waals surface area (Å²) in [4.78, 5) is 27.7. The summed E-state index contributed by atoms with van der Waals surface area (Å²) in [6.45, 7) is 7.11. The first-order chi connectivity index (χ1) is 12.6. The van der Waals surface area contributed by atoms with Gasteiger partial charge in [-0.2, -0.15) is 0 Å². The lowest BCUT2D eigenvalue weighted by atomic mass is 10.2. The number of amides is 1. The molecule has 1 amide bonds. The van der Waals surface area contributed by atoms with Crippen LogP contribution in [0.25, 0.3) is 0 Å². The van der Waals surface area contributed by atoms with Gasteiger partial charge in [0.05, 0.1) is 5.56 Å². The smallest absolute Gasteiger partial charge is 0.258 e. The highest BCUT2D eigenvalue weighted by atomic mass is 16.1. The number of aromatic nitrogens is 2. The lowest BCUT2D eigenvalue weighted by Gasteiger charge is -2.33. The number of carbonyl (C=O) groups excluding carboxylic acids is 1. The van der Waals surface area contributed by atoms with Crippen LogP contribution in [-0.2, 0) is 0 Å². The lowest BCUT2D eigenvalue weighted by Crippen LogP contribution is -2.46. The van der Waals surface area contributed by atoms with Crippen LogP contribution in [0.1, 0.15) is 17.3 Å². The number of likely N-dealkylation sites (N-methyl/N-ethyl adjacent to an activating group) is 1. The molecule has 1 aliphatic rings. The van der Waals surface area contributed by atoms with E-state index in [1.807, 2.05) is 43.3 Å². The summed E-state index contributed by atoms with van der Waals surface area (Å²) < 4.78 is 0. The van der Waals surface area contributed by atoms with E-state index < -0.39 is 0 Å². The van der Waals surface area contributed by atoms with Crippen LogP contribution in [-0.4, -0.2) is 67.6 Å². The van der Waals surface area contributed by atoms with Gasteiger partial charge in [0, 0.05) is 64.0 Å². The Bertz CT molecular complexity index is 721. The van der Waals surface area contributed by atoms with Crippen LogP contribution >= 0.6 is 0 Å². The lowest BCUT2D eigenvalue weighted by molar-refractivity contribution is 0.102. The van der Waals surface area contributed by atoms with Crippen molar-refractivity contribution in [2.45, 2.75) is 6.92 Å². The fourth-order valence-electron chi connectivity index (χ4n) is 2.91. The average molecular weight is 354 g/mol. The minimum absolute atomic E-state index is 0.204. The van der Waals surface area contributed by atoms with Gasteiger partial charge in [-0.15, -0.1) is 0 Å². The van der Waals surface area contributed by atoms with Crippen molar-refractivity contribution in [3.8, 4) is 0 Å². The zero-order valence-corrected chi connectivity index (χ0v) is 15.6. The molecule has 7 heteroatoms. The van der Waals surface area contributed by atoms with E-state index in [1.54, 1.807) is 12.4 Å². The van der Waals surface area contributed by atoms with E-state index in [0.717, 1.165) is 44.1 Å². The Hall–Kier alpha value is -2.67. The summed E-state index contributed by atoms with van der Waals surface area (Å²) in [5.74, 6) is 0.484. The van der Waals surface area contributed by atoms with Crippen molar-refractivity contribution < 1.29 is 4.79 Å². The third-order valence-corrected chi connectivity index (χ3v) is 4.64. The summed E-state index contributed by atoms with van der Waals surface area (Å²) in [6, 6.07) is 7.70. The highest BCUT2D eigenvalue weighted by molar-refractivity contribution is 6.03. The van der Waals surface area contributed by atoms with Crippen molar-refractivity contribution in [3.05, 3.63) is 42.2 Å². The zero-order chi connectivity index (χ0) is 18.5. The molecule has 1 aliphatic heterocycles. The van der Waals surface area contributed by atoms with E-state index in [1.165, 1.54) is 0 Å². The van der Waals surface area contributed by atoms with Gasteiger partial charge in [-0.1, -0.05) is 6.92 Å². The SMILES string of the molecule is CCN1CCN(c2ncc(C(=O)Nc3ccc(N(C)C)cc3)cn2)CC1. The van der Waals surface area contributed by atoms with Crippen molar-refractivity contribution >= 4 is 23.2 Å². The number of hydrogen-bond donors (Lipinski definition) is 1. The molecule has 0 unspecified atom stereocenters. The van der Waals surface area contributed by atoms with E-state index in [-0.39, 0.29) is 5.91 Å². The molecule has 1 aromatic heterocycles. The number of rotatable bonds is 5. The van der Waals surface area contributed by atoms with Gasteiger partial charge in [-0.25, -0.2) is 9.97 Å². The molecule has 0 saturated carbocycles. The van der Waals surface area contributed by atoms with Gasteiger partial charge in [0.25, 0.3) is 5.91 Å². The molecule has 1 aromatic carbocycles. The molecule has 0 aliphatic carbocycles. The second-order valence-electron chi connectivity index (χ2n) is 6.59. The first-order valence-electron chi connectivity index (χ1n) is 8.95. The molecule has 3 rings (SSSR count). The predicted molar refractivity (Wildman–Crippen MR) is 105 cm³/mol. The highest BCUT2D eigenvalue weighted by Crippen LogP contribution is 2.17. The quantitative estimate of drug-likeness (QED) is 0.885. The topological polar surface area (TPSA) is 64.6 Å². The largest absolute Gasteiger partial charge is 0.378 e.